The van der Waals surface area contributed by atoms with Crippen molar-refractivity contribution in [3.05, 3.63) is 71.1 Å². The van der Waals surface area contributed by atoms with Crippen LogP contribution < -0.4 is 10.6 Å². The van der Waals surface area contributed by atoms with Crippen molar-refractivity contribution >= 4 is 23.4 Å². The van der Waals surface area contributed by atoms with Crippen LogP contribution in [0.4, 0.5) is 4.39 Å². The van der Waals surface area contributed by atoms with Gasteiger partial charge in [0.05, 0.1) is 10.8 Å². The van der Waals surface area contributed by atoms with Crippen molar-refractivity contribution < 1.29 is 13.7 Å². The smallest absolute Gasteiger partial charge is 0.237 e. The Morgan fingerprint density at radius 1 is 1.14 bits per heavy atom. The molecule has 148 valence electrons. The Balaban J connectivity index is 1.39. The topological polar surface area (TPSA) is 105 Å². The molecule has 2 heterocycles. The van der Waals surface area contributed by atoms with Gasteiger partial charge in [0.15, 0.2) is 17.4 Å². The lowest BCUT2D eigenvalue weighted by molar-refractivity contribution is 0.277. The summed E-state index contributed by atoms with van der Waals surface area (Å²) in [6.07, 6.45) is 0. The van der Waals surface area contributed by atoms with E-state index in [1.807, 2.05) is 18.2 Å². The molecule has 2 aromatic heterocycles. The average molecular weight is 433 g/mol. The zero-order valence-electron chi connectivity index (χ0n) is 14.8. The predicted molar refractivity (Wildman–Crippen MR) is 105 cm³/mol. The maximum Gasteiger partial charge on any atom is 0.237 e. The maximum atomic E-state index is 13.6. The van der Waals surface area contributed by atoms with E-state index in [1.54, 1.807) is 18.2 Å². The third kappa shape index (κ3) is 4.33. The van der Waals surface area contributed by atoms with Gasteiger partial charge in [-0.25, -0.2) is 9.07 Å². The lowest BCUT2D eigenvalue weighted by Crippen LogP contribution is -2.16. The summed E-state index contributed by atoms with van der Waals surface area (Å²) in [5.74, 6) is 7.12. The number of nitrogen functional groups attached to an aromatic ring is 1. The predicted octanol–water partition coefficient (Wildman–Crippen LogP) is 3.71. The van der Waals surface area contributed by atoms with Gasteiger partial charge in [0.1, 0.15) is 6.61 Å². The van der Waals surface area contributed by atoms with Crippen LogP contribution in [0.25, 0.3) is 11.4 Å². The van der Waals surface area contributed by atoms with Gasteiger partial charge in [-0.3, -0.25) is 0 Å². The van der Waals surface area contributed by atoms with E-state index < -0.39 is 5.82 Å². The second kappa shape index (κ2) is 8.50. The summed E-state index contributed by atoms with van der Waals surface area (Å²) in [6.45, 7) is -0.0256. The number of ether oxygens (including phenoxy) is 1. The van der Waals surface area contributed by atoms with Crippen LogP contribution in [-0.4, -0.2) is 25.0 Å². The molecule has 0 aliphatic carbocycles. The van der Waals surface area contributed by atoms with E-state index in [9.17, 15) is 4.39 Å². The molecular weight excluding hydrogens is 419 g/mol. The Hall–Kier alpha value is -3.11. The lowest BCUT2D eigenvalue weighted by Gasteiger charge is -2.06. The highest BCUT2D eigenvalue weighted by atomic mass is 35.5. The standard InChI is InChI=1S/C18H14ClFN6O2S/c19-12-6-2-1-5-11(12)17-22-16(28-25-17)10-29-18-24-23-15(26(18)21)9-27-14-8-4-3-7-13(14)20/h1-8H,9-10,21H2. The Morgan fingerprint density at radius 2 is 1.93 bits per heavy atom. The molecule has 8 nitrogen and oxygen atoms in total. The number of thioether (sulfide) groups is 1. The molecule has 2 aromatic carbocycles. The highest BCUT2D eigenvalue weighted by Gasteiger charge is 2.15. The minimum absolute atomic E-state index is 0.0256. The Morgan fingerprint density at radius 3 is 2.76 bits per heavy atom. The molecular formula is C18H14ClFN6O2S. The van der Waals surface area contributed by atoms with Crippen LogP contribution in [0.1, 0.15) is 11.7 Å². The number of hydrogen-bond acceptors (Lipinski definition) is 8. The van der Waals surface area contributed by atoms with Gasteiger partial charge in [-0.2, -0.15) is 4.98 Å². The molecule has 0 aliphatic rings. The van der Waals surface area contributed by atoms with Crippen LogP contribution in [0, 0.1) is 5.82 Å². The third-order valence-electron chi connectivity index (χ3n) is 3.84. The fourth-order valence-corrected chi connectivity index (χ4v) is 3.33. The molecule has 0 aliphatic heterocycles. The normalized spacial score (nSPS) is 11.0. The summed E-state index contributed by atoms with van der Waals surface area (Å²) < 4.78 is 25.6. The van der Waals surface area contributed by atoms with Crippen molar-refractivity contribution in [1.82, 2.24) is 25.0 Å². The molecule has 4 aromatic rings. The molecule has 0 saturated carbocycles. The molecule has 0 bridgehead atoms. The summed E-state index contributed by atoms with van der Waals surface area (Å²) >= 11 is 7.41. The molecule has 0 fully saturated rings. The van der Waals surface area contributed by atoms with Gasteiger partial charge >= 0.3 is 0 Å². The Labute approximate surface area is 173 Å². The second-order valence-electron chi connectivity index (χ2n) is 5.77. The first kappa shape index (κ1) is 19.2. The van der Waals surface area contributed by atoms with E-state index in [-0.39, 0.29) is 12.4 Å². The number of aromatic nitrogens is 5. The highest BCUT2D eigenvalue weighted by molar-refractivity contribution is 7.98. The molecule has 0 unspecified atom stereocenters. The van der Waals surface area contributed by atoms with E-state index in [4.69, 9.17) is 26.7 Å². The fourth-order valence-electron chi connectivity index (χ4n) is 2.40. The van der Waals surface area contributed by atoms with Gasteiger partial charge in [0.2, 0.25) is 16.9 Å². The molecule has 0 atom stereocenters. The van der Waals surface area contributed by atoms with E-state index in [0.29, 0.717) is 39.0 Å². The number of halogens is 2. The summed E-state index contributed by atoms with van der Waals surface area (Å²) in [5, 5.41) is 12.9. The zero-order chi connectivity index (χ0) is 20.2. The molecule has 4 rings (SSSR count). The van der Waals surface area contributed by atoms with Gasteiger partial charge < -0.3 is 15.1 Å². The molecule has 0 radical (unpaired) electrons. The number of para-hydroxylation sites is 1. The van der Waals surface area contributed by atoms with Gasteiger partial charge in [-0.15, -0.1) is 10.2 Å². The number of rotatable bonds is 7. The molecule has 0 saturated heterocycles. The van der Waals surface area contributed by atoms with Gasteiger partial charge in [0, 0.05) is 5.56 Å². The van der Waals surface area contributed by atoms with Gasteiger partial charge in [-0.1, -0.05) is 52.8 Å². The van der Waals surface area contributed by atoms with Crippen LogP contribution in [-0.2, 0) is 12.4 Å². The van der Waals surface area contributed by atoms with Crippen molar-refractivity contribution in [3.8, 4) is 17.1 Å². The summed E-state index contributed by atoms with van der Waals surface area (Å²) in [7, 11) is 0. The monoisotopic (exact) mass is 432 g/mol. The first-order valence-corrected chi connectivity index (χ1v) is 9.75. The first-order chi connectivity index (χ1) is 14.1. The number of hydrogen-bond donors (Lipinski definition) is 1. The lowest BCUT2D eigenvalue weighted by atomic mass is 10.2. The SMILES string of the molecule is Nn1c(COc2ccccc2F)nnc1SCc1nc(-c2ccccc2Cl)no1. The van der Waals surface area contributed by atoms with Crippen LogP contribution in [0.3, 0.4) is 0 Å². The van der Waals surface area contributed by atoms with Crippen molar-refractivity contribution in [3.63, 3.8) is 0 Å². The van der Waals surface area contributed by atoms with E-state index in [1.165, 1.54) is 28.6 Å². The van der Waals surface area contributed by atoms with Crippen molar-refractivity contribution in [2.24, 2.45) is 0 Å². The van der Waals surface area contributed by atoms with Crippen LogP contribution >= 0.6 is 23.4 Å². The van der Waals surface area contributed by atoms with Crippen LogP contribution in [0.2, 0.25) is 5.02 Å². The summed E-state index contributed by atoms with van der Waals surface area (Å²) in [6, 6.07) is 13.3. The molecule has 0 spiro atoms. The third-order valence-corrected chi connectivity index (χ3v) is 5.09. The zero-order valence-corrected chi connectivity index (χ0v) is 16.4. The van der Waals surface area contributed by atoms with Crippen LogP contribution in [0.15, 0.2) is 58.2 Å². The fraction of sp³-hybridized carbons (Fsp3) is 0.111. The van der Waals surface area contributed by atoms with Gasteiger partial charge in [0.25, 0.3) is 0 Å². The maximum absolute atomic E-state index is 13.6. The van der Waals surface area contributed by atoms with Crippen molar-refractivity contribution in [2.45, 2.75) is 17.5 Å². The van der Waals surface area contributed by atoms with Gasteiger partial charge in [-0.05, 0) is 24.3 Å². The second-order valence-corrected chi connectivity index (χ2v) is 7.12. The molecule has 11 heteroatoms. The minimum Gasteiger partial charge on any atom is -0.482 e. The first-order valence-electron chi connectivity index (χ1n) is 8.39. The highest BCUT2D eigenvalue weighted by Crippen LogP contribution is 2.27. The van der Waals surface area contributed by atoms with E-state index in [0.717, 1.165) is 0 Å². The Bertz CT molecular complexity index is 1140. The molecule has 2 N–H and O–H groups in total. The molecule has 0 amide bonds. The van der Waals surface area contributed by atoms with Crippen LogP contribution in [0.5, 0.6) is 5.75 Å². The number of benzene rings is 2. The Kier molecular flexibility index (Phi) is 5.63. The van der Waals surface area contributed by atoms with E-state index >= 15 is 0 Å². The number of nitrogens with zero attached hydrogens (tertiary/aromatic N) is 5. The van der Waals surface area contributed by atoms with E-state index in [2.05, 4.69) is 20.3 Å². The number of nitrogens with two attached hydrogens (primary N) is 1. The molecule has 29 heavy (non-hydrogen) atoms. The van der Waals surface area contributed by atoms with Crippen molar-refractivity contribution in [2.75, 3.05) is 5.84 Å². The largest absolute Gasteiger partial charge is 0.482 e. The average Bonchev–Trinajstić information content (AvgIpc) is 3.33. The minimum atomic E-state index is -0.462. The van der Waals surface area contributed by atoms with Crippen molar-refractivity contribution in [1.29, 1.82) is 0 Å². The summed E-state index contributed by atoms with van der Waals surface area (Å²) in [5.41, 5.74) is 0.684. The summed E-state index contributed by atoms with van der Waals surface area (Å²) in [4.78, 5) is 4.33. The quantitative estimate of drug-likeness (QED) is 0.348.